The molecular formula is C13H25ClN4O2. The second kappa shape index (κ2) is 7.24. The van der Waals surface area contributed by atoms with Crippen LogP contribution in [-0.4, -0.2) is 78.4 Å². The fourth-order valence-electron chi connectivity index (χ4n) is 2.87. The Labute approximate surface area is 126 Å². The molecule has 2 heterocycles. The van der Waals surface area contributed by atoms with Crippen molar-refractivity contribution >= 4 is 24.2 Å². The van der Waals surface area contributed by atoms with Gasteiger partial charge >= 0.3 is 0 Å². The number of hydrogen-bond donors (Lipinski definition) is 1. The first-order chi connectivity index (χ1) is 9.00. The second-order valence-corrected chi connectivity index (χ2v) is 5.58. The van der Waals surface area contributed by atoms with Gasteiger partial charge in [0.25, 0.3) is 0 Å². The molecule has 116 valence electrons. The highest BCUT2D eigenvalue weighted by atomic mass is 35.5. The van der Waals surface area contributed by atoms with Gasteiger partial charge in [-0.25, -0.2) is 0 Å². The lowest BCUT2D eigenvalue weighted by atomic mass is 10.1. The molecule has 2 aliphatic heterocycles. The molecule has 2 atom stereocenters. The molecule has 2 saturated heterocycles. The van der Waals surface area contributed by atoms with Crippen LogP contribution in [0.25, 0.3) is 0 Å². The summed E-state index contributed by atoms with van der Waals surface area (Å²) in [6.45, 7) is 5.15. The zero-order valence-electron chi connectivity index (χ0n) is 12.2. The number of amides is 2. The summed E-state index contributed by atoms with van der Waals surface area (Å²) in [6, 6.07) is -0.418. The van der Waals surface area contributed by atoms with Crippen molar-refractivity contribution in [2.24, 2.45) is 5.73 Å². The molecule has 0 saturated carbocycles. The molecule has 0 bridgehead atoms. The van der Waals surface area contributed by atoms with Crippen LogP contribution in [0.2, 0.25) is 0 Å². The number of rotatable bonds is 2. The number of carbonyl (C=O) groups excluding carboxylic acids is 2. The Morgan fingerprint density at radius 1 is 1.10 bits per heavy atom. The maximum Gasteiger partial charge on any atom is 0.240 e. The topological polar surface area (TPSA) is 69.9 Å². The van der Waals surface area contributed by atoms with E-state index < -0.39 is 6.04 Å². The van der Waals surface area contributed by atoms with Crippen molar-refractivity contribution in [1.82, 2.24) is 14.7 Å². The third kappa shape index (κ3) is 3.62. The average Bonchev–Trinajstić information content (AvgIpc) is 2.83. The summed E-state index contributed by atoms with van der Waals surface area (Å²) >= 11 is 0. The van der Waals surface area contributed by atoms with Crippen LogP contribution in [0, 0.1) is 0 Å². The highest BCUT2D eigenvalue weighted by Gasteiger charge is 2.33. The lowest BCUT2D eigenvalue weighted by Gasteiger charge is -2.37. The van der Waals surface area contributed by atoms with Gasteiger partial charge < -0.3 is 15.5 Å². The van der Waals surface area contributed by atoms with Crippen LogP contribution in [0.3, 0.4) is 0 Å². The Kier molecular flexibility index (Phi) is 6.23. The zero-order valence-corrected chi connectivity index (χ0v) is 13.1. The Morgan fingerprint density at radius 2 is 1.65 bits per heavy atom. The monoisotopic (exact) mass is 304 g/mol. The van der Waals surface area contributed by atoms with Gasteiger partial charge in [0.15, 0.2) is 0 Å². The average molecular weight is 305 g/mol. The van der Waals surface area contributed by atoms with E-state index in [1.165, 1.54) is 0 Å². The van der Waals surface area contributed by atoms with E-state index >= 15 is 0 Å². The molecule has 2 fully saturated rings. The van der Waals surface area contributed by atoms with Crippen molar-refractivity contribution in [3.63, 3.8) is 0 Å². The predicted molar refractivity (Wildman–Crippen MR) is 79.7 cm³/mol. The van der Waals surface area contributed by atoms with Crippen LogP contribution in [0.15, 0.2) is 0 Å². The van der Waals surface area contributed by atoms with Crippen molar-refractivity contribution in [3.05, 3.63) is 0 Å². The number of piperazine rings is 1. The van der Waals surface area contributed by atoms with Gasteiger partial charge in [-0.3, -0.25) is 14.5 Å². The van der Waals surface area contributed by atoms with Crippen molar-refractivity contribution in [2.45, 2.75) is 31.8 Å². The van der Waals surface area contributed by atoms with Gasteiger partial charge in [0.1, 0.15) is 0 Å². The lowest BCUT2D eigenvalue weighted by molar-refractivity contribution is -0.142. The van der Waals surface area contributed by atoms with Gasteiger partial charge in [-0.2, -0.15) is 0 Å². The number of nitrogens with zero attached hydrogens (tertiary/aromatic N) is 3. The molecule has 20 heavy (non-hydrogen) atoms. The van der Waals surface area contributed by atoms with Gasteiger partial charge in [0.2, 0.25) is 11.8 Å². The van der Waals surface area contributed by atoms with Crippen molar-refractivity contribution in [3.8, 4) is 0 Å². The summed E-state index contributed by atoms with van der Waals surface area (Å²) in [4.78, 5) is 29.9. The number of hydrogen-bond acceptors (Lipinski definition) is 4. The maximum absolute atomic E-state index is 12.4. The molecule has 2 N–H and O–H groups in total. The Bertz CT molecular complexity index is 356. The zero-order chi connectivity index (χ0) is 14.0. The van der Waals surface area contributed by atoms with Gasteiger partial charge in [-0.15, -0.1) is 12.4 Å². The summed E-state index contributed by atoms with van der Waals surface area (Å²) in [6.07, 6.45) is 2.05. The number of likely N-dealkylation sites (N-methyl/N-ethyl adjacent to an activating group) is 1. The van der Waals surface area contributed by atoms with Crippen molar-refractivity contribution in [1.29, 1.82) is 0 Å². The first-order valence-corrected chi connectivity index (χ1v) is 7.04. The Balaban J connectivity index is 0.00000200. The highest BCUT2D eigenvalue weighted by Crippen LogP contribution is 2.18. The summed E-state index contributed by atoms with van der Waals surface area (Å²) in [5.74, 6) is 0.193. The van der Waals surface area contributed by atoms with Gasteiger partial charge in [-0.05, 0) is 33.4 Å². The van der Waals surface area contributed by atoms with E-state index in [-0.39, 0.29) is 30.3 Å². The Morgan fingerprint density at radius 3 is 2.10 bits per heavy atom. The first-order valence-electron chi connectivity index (χ1n) is 7.04. The first kappa shape index (κ1) is 17.2. The van der Waals surface area contributed by atoms with E-state index in [9.17, 15) is 9.59 Å². The number of likely N-dealkylation sites (tertiary alicyclic amines) is 1. The van der Waals surface area contributed by atoms with E-state index in [1.54, 1.807) is 11.8 Å². The minimum Gasteiger partial charge on any atom is -0.338 e. The van der Waals surface area contributed by atoms with E-state index in [1.807, 2.05) is 11.9 Å². The van der Waals surface area contributed by atoms with Crippen LogP contribution in [0.1, 0.15) is 19.8 Å². The summed E-state index contributed by atoms with van der Waals surface area (Å²) in [5.41, 5.74) is 5.60. The quantitative estimate of drug-likeness (QED) is 0.748. The van der Waals surface area contributed by atoms with Crippen molar-refractivity contribution in [2.75, 3.05) is 39.8 Å². The van der Waals surface area contributed by atoms with Gasteiger partial charge in [0, 0.05) is 26.2 Å². The molecule has 0 aromatic rings. The van der Waals surface area contributed by atoms with Crippen LogP contribution in [0.4, 0.5) is 0 Å². The summed E-state index contributed by atoms with van der Waals surface area (Å²) in [7, 11) is 2.01. The third-order valence-corrected chi connectivity index (χ3v) is 4.10. The molecule has 0 radical (unpaired) electrons. The van der Waals surface area contributed by atoms with Gasteiger partial charge in [0.05, 0.1) is 12.1 Å². The van der Waals surface area contributed by atoms with Crippen LogP contribution in [-0.2, 0) is 9.59 Å². The number of nitrogens with two attached hydrogens (primary N) is 1. The van der Waals surface area contributed by atoms with Crippen molar-refractivity contribution < 1.29 is 9.59 Å². The molecule has 6 nitrogen and oxygen atoms in total. The minimum absolute atomic E-state index is 0. The predicted octanol–water partition coefficient (Wildman–Crippen LogP) is -0.480. The molecule has 2 aliphatic rings. The molecule has 0 aromatic heterocycles. The molecule has 2 rings (SSSR count). The normalized spacial score (nSPS) is 25.2. The van der Waals surface area contributed by atoms with E-state index in [4.69, 9.17) is 5.73 Å². The molecule has 7 heteroatoms. The molecule has 2 amide bonds. The SMILES string of the molecule is CC(N)C(=O)N1CCN(C(=O)C2CCCN2C)CC1.Cl. The Hall–Kier alpha value is -0.850. The standard InChI is InChI=1S/C13H24N4O2.ClH/c1-10(14)12(18)16-6-8-17(9-7-16)13(19)11-4-3-5-15(11)2;/h10-11H,3-9,14H2,1-2H3;1H. The molecule has 2 unspecified atom stereocenters. The fraction of sp³-hybridized carbons (Fsp3) is 0.846. The molecule has 0 aromatic carbocycles. The summed E-state index contributed by atoms with van der Waals surface area (Å²) in [5, 5.41) is 0. The smallest absolute Gasteiger partial charge is 0.240 e. The minimum atomic E-state index is -0.455. The highest BCUT2D eigenvalue weighted by molar-refractivity contribution is 5.85. The maximum atomic E-state index is 12.4. The molecular weight excluding hydrogens is 280 g/mol. The number of halogens is 1. The van der Waals surface area contributed by atoms with Gasteiger partial charge in [-0.1, -0.05) is 0 Å². The van der Waals surface area contributed by atoms with E-state index in [0.717, 1.165) is 19.4 Å². The van der Waals surface area contributed by atoms with Crippen LogP contribution in [0.5, 0.6) is 0 Å². The molecule has 0 spiro atoms. The number of carbonyl (C=O) groups is 2. The lowest BCUT2D eigenvalue weighted by Crippen LogP contribution is -2.56. The van der Waals surface area contributed by atoms with Crippen LogP contribution >= 0.6 is 12.4 Å². The second-order valence-electron chi connectivity index (χ2n) is 5.58. The summed E-state index contributed by atoms with van der Waals surface area (Å²) < 4.78 is 0. The molecule has 0 aliphatic carbocycles. The van der Waals surface area contributed by atoms with Crippen LogP contribution < -0.4 is 5.73 Å². The fourth-order valence-corrected chi connectivity index (χ4v) is 2.87. The van der Waals surface area contributed by atoms with E-state index in [0.29, 0.717) is 26.2 Å². The largest absolute Gasteiger partial charge is 0.338 e. The van der Waals surface area contributed by atoms with E-state index in [2.05, 4.69) is 4.90 Å². The third-order valence-electron chi connectivity index (χ3n) is 4.10.